The van der Waals surface area contributed by atoms with E-state index < -0.39 is 16.9 Å². The second kappa shape index (κ2) is 7.83. The number of nitro benzene ring substituents is 1. The number of aliphatic hydroxyl groups excluding tert-OH is 1. The molecule has 0 spiro atoms. The summed E-state index contributed by atoms with van der Waals surface area (Å²) in [6.07, 6.45) is -0.971. The lowest BCUT2D eigenvalue weighted by Gasteiger charge is -2.15. The Morgan fingerprint density at radius 2 is 2.07 bits per heavy atom. The molecule has 0 saturated heterocycles. The van der Waals surface area contributed by atoms with Gasteiger partial charge in [-0.1, -0.05) is 18.2 Å². The third-order valence-corrected chi connectivity index (χ3v) is 3.93. The minimum Gasteiger partial charge on any atom is -0.491 e. The molecule has 1 amide bonds. The van der Waals surface area contributed by atoms with Crippen LogP contribution in [0.25, 0.3) is 11.0 Å². The fourth-order valence-corrected chi connectivity index (χ4v) is 2.76. The van der Waals surface area contributed by atoms with Gasteiger partial charge in [-0.15, -0.1) is 0 Å². The van der Waals surface area contributed by atoms with Crippen LogP contribution in [0, 0.1) is 10.1 Å². The van der Waals surface area contributed by atoms with E-state index in [0.29, 0.717) is 11.3 Å². The highest BCUT2D eigenvalue weighted by atomic mass is 16.6. The zero-order valence-electron chi connectivity index (χ0n) is 14.3. The summed E-state index contributed by atoms with van der Waals surface area (Å²) in [4.78, 5) is 26.0. The average molecular weight is 370 g/mol. The Morgan fingerprint density at radius 1 is 1.30 bits per heavy atom. The van der Waals surface area contributed by atoms with E-state index in [9.17, 15) is 20.0 Å². The Labute approximate surface area is 154 Å². The van der Waals surface area contributed by atoms with Crippen molar-refractivity contribution in [2.45, 2.75) is 19.1 Å². The summed E-state index contributed by atoms with van der Waals surface area (Å²) in [5.41, 5.74) is 6.66. The van der Waals surface area contributed by atoms with Crippen LogP contribution in [-0.4, -0.2) is 38.2 Å². The average Bonchev–Trinajstić information content (AvgIpc) is 2.97. The lowest BCUT2D eigenvalue weighted by molar-refractivity contribution is -0.384. The SMILES string of the molecule is NC(=O)Cc1nc2ccccc2n1C[C@H](O)COc1cccc([N+](=O)[O-])c1. The van der Waals surface area contributed by atoms with Crippen molar-refractivity contribution in [1.82, 2.24) is 9.55 Å². The molecule has 3 rings (SSSR count). The van der Waals surface area contributed by atoms with Crippen LogP contribution < -0.4 is 10.5 Å². The van der Waals surface area contributed by atoms with E-state index in [0.717, 1.165) is 5.52 Å². The Hall–Kier alpha value is -3.46. The minimum atomic E-state index is -0.923. The van der Waals surface area contributed by atoms with E-state index in [2.05, 4.69) is 4.98 Å². The van der Waals surface area contributed by atoms with Gasteiger partial charge in [-0.3, -0.25) is 14.9 Å². The molecule has 0 aliphatic rings. The molecule has 0 fully saturated rings. The van der Waals surface area contributed by atoms with Crippen molar-refractivity contribution in [3.63, 3.8) is 0 Å². The van der Waals surface area contributed by atoms with Crippen molar-refractivity contribution in [1.29, 1.82) is 0 Å². The quantitative estimate of drug-likeness (QED) is 0.455. The molecule has 140 valence electrons. The maximum Gasteiger partial charge on any atom is 0.273 e. The molecule has 0 radical (unpaired) electrons. The number of nitrogens with two attached hydrogens (primary N) is 1. The van der Waals surface area contributed by atoms with Crippen LogP contribution in [0.3, 0.4) is 0 Å². The lowest BCUT2D eigenvalue weighted by Crippen LogP contribution is -2.26. The Morgan fingerprint density at radius 3 is 2.81 bits per heavy atom. The number of aliphatic hydroxyl groups is 1. The first-order valence-corrected chi connectivity index (χ1v) is 8.22. The van der Waals surface area contributed by atoms with Crippen LogP contribution in [0.2, 0.25) is 0 Å². The first kappa shape index (κ1) is 18.3. The van der Waals surface area contributed by atoms with Gasteiger partial charge < -0.3 is 20.1 Å². The molecular formula is C18H18N4O5. The number of amides is 1. The van der Waals surface area contributed by atoms with Crippen LogP contribution in [0.15, 0.2) is 48.5 Å². The van der Waals surface area contributed by atoms with Crippen LogP contribution in [0.4, 0.5) is 5.69 Å². The molecule has 1 heterocycles. The monoisotopic (exact) mass is 370 g/mol. The number of non-ortho nitro benzene ring substituents is 1. The number of carbonyl (C=O) groups excluding carboxylic acids is 1. The third kappa shape index (κ3) is 4.39. The predicted molar refractivity (Wildman–Crippen MR) is 97.2 cm³/mol. The van der Waals surface area contributed by atoms with Crippen LogP contribution in [0.5, 0.6) is 5.75 Å². The van der Waals surface area contributed by atoms with Crippen LogP contribution >= 0.6 is 0 Å². The standard InChI is InChI=1S/C18H18N4O5/c19-17(24)9-18-20-15-6-1-2-7-16(15)21(18)10-13(23)11-27-14-5-3-4-12(8-14)22(25)26/h1-8,13,23H,9-11H2,(H2,19,24)/t13-/m0/s1. The number of fused-ring (bicyclic) bond motifs is 1. The van der Waals surface area contributed by atoms with E-state index in [1.807, 2.05) is 24.3 Å². The summed E-state index contributed by atoms with van der Waals surface area (Å²) in [7, 11) is 0. The van der Waals surface area contributed by atoms with Crippen molar-refractivity contribution in [2.75, 3.05) is 6.61 Å². The van der Waals surface area contributed by atoms with Crippen molar-refractivity contribution >= 4 is 22.6 Å². The number of rotatable bonds is 8. The number of hydrogen-bond acceptors (Lipinski definition) is 6. The number of ether oxygens (including phenoxy) is 1. The molecule has 1 atom stereocenters. The number of nitro groups is 1. The topological polar surface area (TPSA) is 134 Å². The van der Waals surface area contributed by atoms with Gasteiger partial charge in [0.25, 0.3) is 5.69 Å². The number of benzene rings is 2. The summed E-state index contributed by atoms with van der Waals surface area (Å²) in [6, 6.07) is 13.0. The van der Waals surface area contributed by atoms with E-state index in [1.54, 1.807) is 10.6 Å². The van der Waals surface area contributed by atoms with E-state index in [-0.39, 0.29) is 31.0 Å². The van der Waals surface area contributed by atoms with Crippen LogP contribution in [0.1, 0.15) is 5.82 Å². The molecule has 0 bridgehead atoms. The summed E-state index contributed by atoms with van der Waals surface area (Å²) in [5, 5.41) is 21.2. The molecular weight excluding hydrogens is 352 g/mol. The van der Waals surface area contributed by atoms with Crippen LogP contribution in [-0.2, 0) is 17.8 Å². The van der Waals surface area contributed by atoms with E-state index in [1.165, 1.54) is 18.2 Å². The van der Waals surface area contributed by atoms with E-state index in [4.69, 9.17) is 10.5 Å². The number of para-hydroxylation sites is 2. The van der Waals surface area contributed by atoms with Gasteiger partial charge in [-0.2, -0.15) is 0 Å². The van der Waals surface area contributed by atoms with E-state index >= 15 is 0 Å². The molecule has 0 unspecified atom stereocenters. The van der Waals surface area contributed by atoms with Crippen molar-refractivity contribution < 1.29 is 19.6 Å². The minimum absolute atomic E-state index is 0.0485. The van der Waals surface area contributed by atoms with Crippen molar-refractivity contribution in [3.8, 4) is 5.75 Å². The van der Waals surface area contributed by atoms with Crippen molar-refractivity contribution in [3.05, 3.63) is 64.5 Å². The molecule has 0 saturated carbocycles. The van der Waals surface area contributed by atoms with Gasteiger partial charge in [-0.05, 0) is 18.2 Å². The maximum atomic E-state index is 11.3. The molecule has 0 aliphatic heterocycles. The Bertz CT molecular complexity index is 985. The van der Waals surface area contributed by atoms with Gasteiger partial charge in [0.15, 0.2) is 0 Å². The number of aromatic nitrogens is 2. The zero-order chi connectivity index (χ0) is 19.4. The van der Waals surface area contributed by atoms with Crippen molar-refractivity contribution in [2.24, 2.45) is 5.73 Å². The fourth-order valence-electron chi connectivity index (χ4n) is 2.76. The second-order valence-electron chi connectivity index (χ2n) is 5.99. The number of imidazole rings is 1. The van der Waals surface area contributed by atoms with Gasteiger partial charge in [-0.25, -0.2) is 4.98 Å². The molecule has 1 aromatic heterocycles. The highest BCUT2D eigenvalue weighted by Crippen LogP contribution is 2.20. The molecule has 0 aliphatic carbocycles. The summed E-state index contributed by atoms with van der Waals surface area (Å²) >= 11 is 0. The first-order chi connectivity index (χ1) is 12.9. The third-order valence-electron chi connectivity index (χ3n) is 3.93. The smallest absolute Gasteiger partial charge is 0.273 e. The summed E-state index contributed by atoms with van der Waals surface area (Å²) in [5.74, 6) is 0.225. The lowest BCUT2D eigenvalue weighted by atomic mass is 10.3. The zero-order valence-corrected chi connectivity index (χ0v) is 14.3. The second-order valence-corrected chi connectivity index (χ2v) is 5.99. The Balaban J connectivity index is 1.74. The van der Waals surface area contributed by atoms with Gasteiger partial charge in [0.05, 0.1) is 35.0 Å². The first-order valence-electron chi connectivity index (χ1n) is 8.22. The van der Waals surface area contributed by atoms with Gasteiger partial charge >= 0.3 is 0 Å². The molecule has 3 N–H and O–H groups in total. The van der Waals surface area contributed by atoms with Gasteiger partial charge in [0.1, 0.15) is 24.3 Å². The largest absolute Gasteiger partial charge is 0.491 e. The van der Waals surface area contributed by atoms with Gasteiger partial charge in [0, 0.05) is 6.07 Å². The van der Waals surface area contributed by atoms with Gasteiger partial charge in [0.2, 0.25) is 5.91 Å². The molecule has 2 aromatic carbocycles. The number of hydrogen-bond donors (Lipinski definition) is 2. The fraction of sp³-hybridized carbons (Fsp3) is 0.222. The summed E-state index contributed by atoms with van der Waals surface area (Å²) < 4.78 is 7.18. The molecule has 9 heteroatoms. The number of carbonyl (C=O) groups is 1. The number of nitrogens with zero attached hydrogens (tertiary/aromatic N) is 3. The highest BCUT2D eigenvalue weighted by Gasteiger charge is 2.16. The highest BCUT2D eigenvalue weighted by molar-refractivity contribution is 5.80. The number of primary amides is 1. The predicted octanol–water partition coefficient (Wildman–Crippen LogP) is 1.41. The summed E-state index contributed by atoms with van der Waals surface area (Å²) in [6.45, 7) is 0.0573. The molecule has 9 nitrogen and oxygen atoms in total. The normalized spacial score (nSPS) is 12.0. The maximum absolute atomic E-state index is 11.3. The Kier molecular flexibility index (Phi) is 5.32. The molecule has 3 aromatic rings. The molecule has 27 heavy (non-hydrogen) atoms.